The molecule has 0 radical (unpaired) electrons. The van der Waals surface area contributed by atoms with E-state index in [4.69, 9.17) is 9.88 Å². The Hall–Kier alpha value is -2.27. The molecule has 10 heteroatoms. The summed E-state index contributed by atoms with van der Waals surface area (Å²) in [6, 6.07) is 15.0. The summed E-state index contributed by atoms with van der Waals surface area (Å²) < 4.78 is 30.7. The van der Waals surface area contributed by atoms with Crippen molar-refractivity contribution in [1.29, 1.82) is 0 Å². The predicted octanol–water partition coefficient (Wildman–Crippen LogP) is 4.69. The van der Waals surface area contributed by atoms with Crippen LogP contribution in [0.1, 0.15) is 13.8 Å². The number of benzene rings is 2. The minimum Gasteiger partial charge on any atom is -0.457 e. The van der Waals surface area contributed by atoms with E-state index in [-0.39, 0.29) is 4.34 Å². The number of imidazole rings is 1. The number of hydrogen-bond donors (Lipinski definition) is 1. The van der Waals surface area contributed by atoms with Crippen LogP contribution in [0, 0.1) is 0 Å². The molecule has 0 aliphatic rings. The largest absolute Gasteiger partial charge is 0.457 e. The van der Waals surface area contributed by atoms with Crippen molar-refractivity contribution < 1.29 is 13.2 Å². The van der Waals surface area contributed by atoms with Gasteiger partial charge in [-0.2, -0.15) is 0 Å². The quantitative estimate of drug-likeness (QED) is 0.456. The first-order valence-electron chi connectivity index (χ1n) is 8.31. The maximum Gasteiger partial charge on any atom is 0.267 e. The van der Waals surface area contributed by atoms with E-state index in [2.05, 4.69) is 26.0 Å². The average Bonchev–Trinajstić information content (AvgIpc) is 3.23. The summed E-state index contributed by atoms with van der Waals surface area (Å²) in [5.41, 5.74) is 1.54. The fourth-order valence-corrected chi connectivity index (χ4v) is 4.18. The Kier molecular flexibility index (Phi) is 6.14. The molecule has 0 saturated heterocycles. The smallest absolute Gasteiger partial charge is 0.267 e. The second-order valence-corrected chi connectivity index (χ2v) is 8.96. The minimum atomic E-state index is -3.82. The van der Waals surface area contributed by atoms with Crippen LogP contribution in [0.5, 0.6) is 11.5 Å². The Morgan fingerprint density at radius 2 is 1.82 bits per heavy atom. The molecule has 2 aromatic carbocycles. The zero-order valence-electron chi connectivity index (χ0n) is 15.0. The highest BCUT2D eigenvalue weighted by Gasteiger charge is 2.17. The van der Waals surface area contributed by atoms with Crippen LogP contribution in [0.4, 0.5) is 0 Å². The number of ether oxygens (including phenoxy) is 1. The van der Waals surface area contributed by atoms with Crippen LogP contribution in [0.3, 0.4) is 0 Å². The molecule has 4 aromatic rings. The lowest BCUT2D eigenvalue weighted by atomic mass is 10.2. The summed E-state index contributed by atoms with van der Waals surface area (Å²) in [7, 11) is -3.82. The molecule has 7 nitrogen and oxygen atoms in total. The second-order valence-electron chi connectivity index (χ2n) is 5.35. The number of rotatable bonds is 4. The van der Waals surface area contributed by atoms with Crippen LogP contribution < -0.4 is 9.88 Å². The van der Waals surface area contributed by atoms with E-state index in [1.54, 1.807) is 6.20 Å². The van der Waals surface area contributed by atoms with E-state index >= 15 is 0 Å². The topological polar surface area (TPSA) is 99.6 Å². The fourth-order valence-electron chi connectivity index (χ4n) is 2.30. The molecule has 0 unspecified atom stereocenters. The van der Waals surface area contributed by atoms with Crippen molar-refractivity contribution in [3.05, 3.63) is 59.2 Å². The number of nitrogens with two attached hydrogens (primary N) is 1. The molecule has 0 fully saturated rings. The first-order chi connectivity index (χ1) is 13.4. The highest BCUT2D eigenvalue weighted by atomic mass is 79.9. The minimum absolute atomic E-state index is 0.163. The van der Waals surface area contributed by atoms with Crippen LogP contribution in [-0.4, -0.2) is 23.0 Å². The van der Waals surface area contributed by atoms with Crippen molar-refractivity contribution in [2.75, 3.05) is 0 Å². The van der Waals surface area contributed by atoms with Gasteiger partial charge in [0.2, 0.25) is 9.30 Å². The van der Waals surface area contributed by atoms with Gasteiger partial charge in [0.1, 0.15) is 11.5 Å². The van der Waals surface area contributed by atoms with Crippen molar-refractivity contribution >= 4 is 42.3 Å². The highest BCUT2D eigenvalue weighted by molar-refractivity contribution is 9.10. The van der Waals surface area contributed by atoms with Gasteiger partial charge in [0.05, 0.1) is 11.9 Å². The van der Waals surface area contributed by atoms with Crippen molar-refractivity contribution in [3.63, 3.8) is 0 Å². The molecule has 0 aliphatic carbocycles. The molecule has 2 N–H and O–H groups in total. The third-order valence-corrected chi connectivity index (χ3v) is 6.18. The van der Waals surface area contributed by atoms with Crippen LogP contribution in [0.2, 0.25) is 0 Å². The average molecular weight is 481 g/mol. The molecular weight excluding hydrogens is 464 g/mol. The Bertz CT molecular complexity index is 1170. The number of sulfonamides is 1. The number of nitrogens with zero attached hydrogens (tertiary/aromatic N) is 3. The van der Waals surface area contributed by atoms with Crippen LogP contribution >= 0.6 is 27.3 Å². The van der Waals surface area contributed by atoms with Gasteiger partial charge in [0, 0.05) is 10.0 Å². The molecule has 2 heterocycles. The Morgan fingerprint density at radius 1 is 1.11 bits per heavy atom. The fraction of sp³-hybridized carbons (Fsp3) is 0.111. The number of halogens is 1. The van der Waals surface area contributed by atoms with Crippen LogP contribution in [0.25, 0.3) is 16.2 Å². The molecule has 0 bridgehead atoms. The van der Waals surface area contributed by atoms with Crippen molar-refractivity contribution in [2.45, 2.75) is 18.2 Å². The van der Waals surface area contributed by atoms with Gasteiger partial charge in [-0.15, -0.1) is 5.10 Å². The van der Waals surface area contributed by atoms with E-state index in [0.717, 1.165) is 27.1 Å². The van der Waals surface area contributed by atoms with Gasteiger partial charge >= 0.3 is 0 Å². The molecule has 0 amide bonds. The third-order valence-electron chi connectivity index (χ3n) is 3.45. The van der Waals surface area contributed by atoms with Gasteiger partial charge in [-0.1, -0.05) is 47.2 Å². The third kappa shape index (κ3) is 4.58. The summed E-state index contributed by atoms with van der Waals surface area (Å²) in [5.74, 6) is 1.43. The normalized spacial score (nSPS) is 11.1. The molecule has 2 aromatic heterocycles. The first-order valence-corrected chi connectivity index (χ1v) is 11.5. The zero-order valence-corrected chi connectivity index (χ0v) is 18.3. The maximum atomic E-state index is 11.3. The highest BCUT2D eigenvalue weighted by Crippen LogP contribution is 2.28. The van der Waals surface area contributed by atoms with E-state index in [0.29, 0.717) is 16.4 Å². The summed E-state index contributed by atoms with van der Waals surface area (Å²) in [6.07, 6.45) is 1.66. The Labute approximate surface area is 175 Å². The lowest BCUT2D eigenvalue weighted by Crippen LogP contribution is -2.12. The molecule has 0 saturated carbocycles. The van der Waals surface area contributed by atoms with Gasteiger partial charge in [0.25, 0.3) is 10.0 Å². The lowest BCUT2D eigenvalue weighted by molar-refractivity contribution is 0.482. The van der Waals surface area contributed by atoms with Crippen molar-refractivity contribution in [1.82, 2.24) is 14.6 Å². The summed E-state index contributed by atoms with van der Waals surface area (Å²) in [6.45, 7) is 4.00. The standard InChI is InChI=1S/C16H11BrN4O3S2.C2H6/c17-11-2-1-3-13(8-11)24-12-6-4-10(5-7-12)14-9-21-15(19-14)25-16(20-21)26(18,22)23;1-2/h1-9H,(H2,18,22,23);1-2H3. The summed E-state index contributed by atoms with van der Waals surface area (Å²) in [4.78, 5) is 4.85. The van der Waals surface area contributed by atoms with Crippen molar-refractivity contribution in [3.8, 4) is 22.8 Å². The summed E-state index contributed by atoms with van der Waals surface area (Å²) >= 11 is 4.33. The number of fused-ring (bicyclic) bond motifs is 1. The monoisotopic (exact) mass is 480 g/mol. The van der Waals surface area contributed by atoms with Gasteiger partial charge in [-0.05, 0) is 42.5 Å². The van der Waals surface area contributed by atoms with Gasteiger partial charge < -0.3 is 4.74 Å². The van der Waals surface area contributed by atoms with E-state index in [9.17, 15) is 8.42 Å². The van der Waals surface area contributed by atoms with Crippen LogP contribution in [-0.2, 0) is 10.0 Å². The predicted molar refractivity (Wildman–Crippen MR) is 113 cm³/mol. The maximum absolute atomic E-state index is 11.3. The molecule has 0 atom stereocenters. The van der Waals surface area contributed by atoms with E-state index in [1.807, 2.05) is 62.4 Å². The number of aromatic nitrogens is 3. The Balaban J connectivity index is 0.00000109. The van der Waals surface area contributed by atoms with Gasteiger partial charge in [-0.25, -0.2) is 23.1 Å². The van der Waals surface area contributed by atoms with Gasteiger partial charge in [0.15, 0.2) is 0 Å². The zero-order chi connectivity index (χ0) is 20.3. The molecule has 28 heavy (non-hydrogen) atoms. The second kappa shape index (κ2) is 8.39. The van der Waals surface area contributed by atoms with E-state index in [1.165, 1.54) is 4.52 Å². The van der Waals surface area contributed by atoms with E-state index < -0.39 is 10.0 Å². The molecule has 0 spiro atoms. The SMILES string of the molecule is CC.NS(=O)(=O)c1nn2cc(-c3ccc(Oc4cccc(Br)c4)cc3)nc2s1. The van der Waals surface area contributed by atoms with Gasteiger partial charge in [-0.3, -0.25) is 0 Å². The summed E-state index contributed by atoms with van der Waals surface area (Å²) in [5, 5.41) is 9.02. The van der Waals surface area contributed by atoms with Crippen molar-refractivity contribution in [2.24, 2.45) is 5.14 Å². The number of hydrogen-bond acceptors (Lipinski definition) is 6. The lowest BCUT2D eigenvalue weighted by Gasteiger charge is -2.06. The first kappa shape index (κ1) is 20.5. The van der Waals surface area contributed by atoms with Crippen LogP contribution in [0.15, 0.2) is 63.5 Å². The molecule has 146 valence electrons. The molecule has 0 aliphatic heterocycles. The molecular formula is C18H17BrN4O3S2. The molecule has 4 rings (SSSR count). The Morgan fingerprint density at radius 3 is 2.43 bits per heavy atom. The number of primary sulfonamides is 1.